The summed E-state index contributed by atoms with van der Waals surface area (Å²) in [5.41, 5.74) is 2.64. The predicted molar refractivity (Wildman–Crippen MR) is 122 cm³/mol. The van der Waals surface area contributed by atoms with Crippen LogP contribution in [0, 0.1) is 0 Å². The Kier molecular flexibility index (Phi) is 7.21. The molecule has 3 nitrogen and oxygen atoms in total. The molecule has 0 radical (unpaired) electrons. The molecule has 28 heavy (non-hydrogen) atoms. The van der Waals surface area contributed by atoms with Gasteiger partial charge in [-0.15, -0.1) is 0 Å². The summed E-state index contributed by atoms with van der Waals surface area (Å²) in [5, 5.41) is 0. The predicted octanol–water partition coefficient (Wildman–Crippen LogP) is 6.00. The van der Waals surface area contributed by atoms with Gasteiger partial charge in [0.2, 0.25) is 11.6 Å². The summed E-state index contributed by atoms with van der Waals surface area (Å²) in [6.07, 6.45) is 3.55. The van der Waals surface area contributed by atoms with E-state index in [1.165, 1.54) is 0 Å². The number of hydrogen-bond donors (Lipinski definition) is 0. The maximum absolute atomic E-state index is 12.6. The molecule has 0 bridgehead atoms. The number of halogens is 3. The molecule has 0 spiro atoms. The first kappa shape index (κ1) is 21.0. The molecule has 0 saturated heterocycles. The zero-order chi connectivity index (χ0) is 20.1. The Bertz CT molecular complexity index is 938. The second-order valence-corrected chi connectivity index (χ2v) is 8.58. The fourth-order valence-electron chi connectivity index (χ4n) is 2.76. The van der Waals surface area contributed by atoms with Crippen molar-refractivity contribution in [3.05, 3.63) is 103 Å². The minimum atomic E-state index is -0.260. The first-order valence-corrected chi connectivity index (χ1v) is 10.9. The number of benzene rings is 2. The van der Waals surface area contributed by atoms with Crippen molar-refractivity contribution in [1.82, 2.24) is 4.90 Å². The Hall–Kier alpha value is -1.76. The van der Waals surface area contributed by atoms with Gasteiger partial charge >= 0.3 is 0 Å². The van der Waals surface area contributed by atoms with E-state index in [4.69, 9.17) is 0 Å². The van der Waals surface area contributed by atoms with E-state index in [-0.39, 0.29) is 25.0 Å². The van der Waals surface area contributed by atoms with Crippen molar-refractivity contribution >= 4 is 59.4 Å². The van der Waals surface area contributed by atoms with Gasteiger partial charge in [0.15, 0.2) is 0 Å². The first-order chi connectivity index (χ1) is 13.5. The number of allylic oxidation sites excluding steroid dienone is 5. The Morgan fingerprint density at radius 2 is 1.14 bits per heavy atom. The number of carbonyl (C=O) groups excluding carboxylic acids is 2. The van der Waals surface area contributed by atoms with Crippen LogP contribution < -0.4 is 0 Å². The van der Waals surface area contributed by atoms with Gasteiger partial charge in [0, 0.05) is 24.9 Å². The highest BCUT2D eigenvalue weighted by atomic mass is 79.9. The third-order valence-electron chi connectivity index (χ3n) is 4.18. The van der Waals surface area contributed by atoms with Crippen molar-refractivity contribution in [2.75, 3.05) is 0 Å². The summed E-state index contributed by atoms with van der Waals surface area (Å²) in [6, 6.07) is 20.2. The number of hydrogen-bond acceptors (Lipinski definition) is 3. The van der Waals surface area contributed by atoms with E-state index in [2.05, 4.69) is 77.0 Å². The van der Waals surface area contributed by atoms with Crippen molar-refractivity contribution in [2.24, 2.45) is 0 Å². The quantitative estimate of drug-likeness (QED) is 0.403. The molecule has 1 aliphatic rings. The zero-order valence-corrected chi connectivity index (χ0v) is 19.5. The van der Waals surface area contributed by atoms with E-state index in [9.17, 15) is 9.59 Å². The normalized spacial score (nSPS) is 15.0. The molecule has 3 rings (SSSR count). The van der Waals surface area contributed by atoms with E-state index in [1.807, 2.05) is 42.6 Å². The Morgan fingerprint density at radius 1 is 0.679 bits per heavy atom. The third kappa shape index (κ3) is 4.99. The lowest BCUT2D eigenvalue weighted by Gasteiger charge is -2.21. The summed E-state index contributed by atoms with van der Waals surface area (Å²) in [5.74, 6) is -0.502. The smallest absolute Gasteiger partial charge is 0.208 e. The molecule has 142 valence electrons. The van der Waals surface area contributed by atoms with Crippen LogP contribution in [0.4, 0.5) is 0 Å². The fourth-order valence-corrected chi connectivity index (χ4v) is 4.31. The van der Waals surface area contributed by atoms with Gasteiger partial charge in [-0.2, -0.15) is 0 Å². The summed E-state index contributed by atoms with van der Waals surface area (Å²) in [4.78, 5) is 27.0. The maximum Gasteiger partial charge on any atom is 0.208 e. The van der Waals surface area contributed by atoms with Gasteiger partial charge in [0.05, 0.1) is 13.4 Å². The van der Waals surface area contributed by atoms with Crippen LogP contribution in [0.25, 0.3) is 0 Å². The van der Waals surface area contributed by atoms with Gasteiger partial charge in [0.1, 0.15) is 0 Å². The van der Waals surface area contributed by atoms with Crippen LogP contribution in [0.1, 0.15) is 11.1 Å². The SMILES string of the molecule is O=C1C(Br)=C(Br)C(=O)C(/C=C/N(Cc2ccccc2)Cc2ccccc2)=C1Br. The molecular formula is C22H16Br3NO2. The van der Waals surface area contributed by atoms with Crippen LogP contribution >= 0.6 is 47.8 Å². The van der Waals surface area contributed by atoms with E-state index in [0.717, 1.165) is 11.1 Å². The maximum atomic E-state index is 12.6. The Balaban J connectivity index is 1.88. The summed E-state index contributed by atoms with van der Waals surface area (Å²) in [7, 11) is 0. The third-order valence-corrected chi connectivity index (χ3v) is 7.01. The van der Waals surface area contributed by atoms with Crippen molar-refractivity contribution < 1.29 is 9.59 Å². The average Bonchev–Trinajstić information content (AvgIpc) is 2.72. The van der Waals surface area contributed by atoms with Gasteiger partial charge in [-0.3, -0.25) is 9.59 Å². The molecule has 0 aromatic heterocycles. The van der Waals surface area contributed by atoms with Crippen molar-refractivity contribution in [3.63, 3.8) is 0 Å². The zero-order valence-electron chi connectivity index (χ0n) is 14.7. The van der Waals surface area contributed by atoms with Crippen LogP contribution in [0.5, 0.6) is 0 Å². The van der Waals surface area contributed by atoms with E-state index >= 15 is 0 Å². The molecule has 0 atom stereocenters. The van der Waals surface area contributed by atoms with E-state index in [0.29, 0.717) is 18.7 Å². The van der Waals surface area contributed by atoms with E-state index < -0.39 is 0 Å². The van der Waals surface area contributed by atoms with Crippen molar-refractivity contribution in [2.45, 2.75) is 13.1 Å². The molecule has 0 fully saturated rings. The minimum Gasteiger partial charge on any atom is -0.369 e. The highest BCUT2D eigenvalue weighted by Gasteiger charge is 2.29. The summed E-state index contributed by atoms with van der Waals surface area (Å²) < 4.78 is 0.716. The highest BCUT2D eigenvalue weighted by molar-refractivity contribution is 9.15. The lowest BCUT2D eigenvalue weighted by molar-refractivity contribution is -0.114. The van der Waals surface area contributed by atoms with Crippen LogP contribution in [0.15, 0.2) is 92.0 Å². The lowest BCUT2D eigenvalue weighted by Crippen LogP contribution is -2.19. The first-order valence-electron chi connectivity index (χ1n) is 8.52. The number of rotatable bonds is 6. The molecule has 6 heteroatoms. The van der Waals surface area contributed by atoms with Crippen molar-refractivity contribution in [3.8, 4) is 0 Å². The number of nitrogens with zero attached hydrogens (tertiary/aromatic N) is 1. The second-order valence-electron chi connectivity index (χ2n) is 6.21. The van der Waals surface area contributed by atoms with Crippen LogP contribution in [-0.2, 0) is 22.7 Å². The van der Waals surface area contributed by atoms with Gasteiger partial charge in [-0.25, -0.2) is 0 Å². The average molecular weight is 566 g/mol. The van der Waals surface area contributed by atoms with Crippen LogP contribution in [0.3, 0.4) is 0 Å². The van der Waals surface area contributed by atoms with Gasteiger partial charge in [-0.1, -0.05) is 60.7 Å². The van der Waals surface area contributed by atoms with Gasteiger partial charge in [0.25, 0.3) is 0 Å². The molecule has 0 saturated carbocycles. The molecule has 2 aromatic rings. The summed E-state index contributed by atoms with van der Waals surface area (Å²) >= 11 is 9.63. The molecule has 0 unspecified atom stereocenters. The molecule has 0 aliphatic heterocycles. The van der Waals surface area contributed by atoms with Gasteiger partial charge < -0.3 is 4.90 Å². The topological polar surface area (TPSA) is 37.4 Å². The van der Waals surface area contributed by atoms with Gasteiger partial charge in [-0.05, 0) is 65.0 Å². The molecule has 0 heterocycles. The summed E-state index contributed by atoms with van der Waals surface area (Å²) in [6.45, 7) is 1.36. The standard InChI is InChI=1S/C22H16Br3NO2/c23-18-17(21(27)19(24)20(25)22(18)28)11-12-26(13-15-7-3-1-4-8-15)14-16-9-5-2-6-10-16/h1-12H,13-14H2/b12-11+. The van der Waals surface area contributed by atoms with Crippen molar-refractivity contribution in [1.29, 1.82) is 0 Å². The molecule has 0 N–H and O–H groups in total. The minimum absolute atomic E-state index is 0.229. The Morgan fingerprint density at radius 3 is 1.64 bits per heavy atom. The van der Waals surface area contributed by atoms with E-state index in [1.54, 1.807) is 6.08 Å². The number of Topliss-reactive ketones (excluding diaryl/α,β-unsaturated/α-hetero) is 2. The number of ketones is 2. The second kappa shape index (κ2) is 9.63. The largest absolute Gasteiger partial charge is 0.369 e. The molecular weight excluding hydrogens is 550 g/mol. The highest BCUT2D eigenvalue weighted by Crippen LogP contribution is 2.34. The number of carbonyl (C=O) groups is 2. The van der Waals surface area contributed by atoms with Crippen LogP contribution in [-0.4, -0.2) is 16.5 Å². The fraction of sp³-hybridized carbons (Fsp3) is 0.0909. The van der Waals surface area contributed by atoms with Crippen LogP contribution in [0.2, 0.25) is 0 Å². The Labute approximate surface area is 189 Å². The molecule has 1 aliphatic carbocycles. The monoisotopic (exact) mass is 563 g/mol. The molecule has 2 aromatic carbocycles. The molecule has 0 amide bonds. The lowest BCUT2D eigenvalue weighted by atomic mass is 10.0.